The minimum absolute atomic E-state index is 0.143. The summed E-state index contributed by atoms with van der Waals surface area (Å²) >= 11 is 4.43. The van der Waals surface area contributed by atoms with E-state index in [0.717, 1.165) is 15.8 Å². The minimum atomic E-state index is -0.456. The van der Waals surface area contributed by atoms with Crippen LogP contribution in [-0.2, 0) is 0 Å². The maximum absolute atomic E-state index is 13.8. The van der Waals surface area contributed by atoms with Crippen molar-refractivity contribution < 1.29 is 8.78 Å². The van der Waals surface area contributed by atoms with Crippen LogP contribution in [0.5, 0.6) is 0 Å². The molecule has 96 valence electrons. The zero-order valence-electron chi connectivity index (χ0n) is 9.93. The zero-order chi connectivity index (χ0) is 13.3. The second kappa shape index (κ2) is 5.47. The van der Waals surface area contributed by atoms with E-state index in [1.807, 2.05) is 26.1 Å². The van der Waals surface area contributed by atoms with Gasteiger partial charge in [0.1, 0.15) is 11.6 Å². The quantitative estimate of drug-likeness (QED) is 0.801. The standard InChI is InChI=1S/C13H12BrF2NS/c1-7(17-2)12-3-4-13(18-12)8-5-11(16)9(14)6-10(8)15/h3-7,17H,1-2H3. The van der Waals surface area contributed by atoms with Crippen LogP contribution < -0.4 is 5.32 Å². The van der Waals surface area contributed by atoms with Gasteiger partial charge in [0.15, 0.2) is 0 Å². The molecule has 1 nitrogen and oxygen atoms in total. The van der Waals surface area contributed by atoms with Crippen LogP contribution >= 0.6 is 27.3 Å². The van der Waals surface area contributed by atoms with E-state index in [9.17, 15) is 8.78 Å². The molecule has 0 fully saturated rings. The highest BCUT2D eigenvalue weighted by Crippen LogP contribution is 2.34. The van der Waals surface area contributed by atoms with Crippen LogP contribution in [0, 0.1) is 11.6 Å². The van der Waals surface area contributed by atoms with Gasteiger partial charge in [-0.3, -0.25) is 0 Å². The van der Waals surface area contributed by atoms with Gasteiger partial charge in [0.05, 0.1) is 4.47 Å². The Hall–Kier alpha value is -0.780. The number of nitrogens with one attached hydrogen (secondary N) is 1. The van der Waals surface area contributed by atoms with Crippen LogP contribution in [0.15, 0.2) is 28.7 Å². The third kappa shape index (κ3) is 2.63. The number of halogens is 3. The van der Waals surface area contributed by atoms with Crippen molar-refractivity contribution in [2.24, 2.45) is 0 Å². The summed E-state index contributed by atoms with van der Waals surface area (Å²) in [6.07, 6.45) is 0. The summed E-state index contributed by atoms with van der Waals surface area (Å²) in [6.45, 7) is 2.02. The fourth-order valence-electron chi connectivity index (χ4n) is 1.58. The average molecular weight is 332 g/mol. The van der Waals surface area contributed by atoms with Crippen molar-refractivity contribution in [3.8, 4) is 10.4 Å². The van der Waals surface area contributed by atoms with Gasteiger partial charge in [-0.05, 0) is 54.2 Å². The molecule has 0 aliphatic rings. The van der Waals surface area contributed by atoms with Gasteiger partial charge in [-0.2, -0.15) is 0 Å². The van der Waals surface area contributed by atoms with Crippen molar-refractivity contribution in [2.75, 3.05) is 7.05 Å². The van der Waals surface area contributed by atoms with Gasteiger partial charge < -0.3 is 5.32 Å². The Bertz CT molecular complexity index is 568. The Labute approximate surface area is 117 Å². The Morgan fingerprint density at radius 3 is 2.61 bits per heavy atom. The highest BCUT2D eigenvalue weighted by molar-refractivity contribution is 9.10. The molecule has 0 spiro atoms. The second-order valence-electron chi connectivity index (χ2n) is 3.96. The van der Waals surface area contributed by atoms with Gasteiger partial charge in [-0.25, -0.2) is 8.78 Å². The molecule has 18 heavy (non-hydrogen) atoms. The topological polar surface area (TPSA) is 12.0 Å². The molecule has 0 bridgehead atoms. The normalized spacial score (nSPS) is 12.7. The first-order chi connectivity index (χ1) is 8.52. The predicted molar refractivity (Wildman–Crippen MR) is 74.8 cm³/mol. The smallest absolute Gasteiger partial charge is 0.138 e. The molecule has 1 unspecified atom stereocenters. The Morgan fingerprint density at radius 2 is 1.94 bits per heavy atom. The number of hydrogen-bond acceptors (Lipinski definition) is 2. The number of benzene rings is 1. The number of hydrogen-bond donors (Lipinski definition) is 1. The van der Waals surface area contributed by atoms with Crippen LogP contribution in [0.3, 0.4) is 0 Å². The van der Waals surface area contributed by atoms with Crippen molar-refractivity contribution in [2.45, 2.75) is 13.0 Å². The van der Waals surface area contributed by atoms with Crippen LogP contribution in [0.25, 0.3) is 10.4 Å². The second-order valence-corrected chi connectivity index (χ2v) is 5.93. The van der Waals surface area contributed by atoms with Gasteiger partial charge in [0.25, 0.3) is 0 Å². The lowest BCUT2D eigenvalue weighted by Crippen LogP contribution is -2.10. The molecule has 0 amide bonds. The maximum Gasteiger partial charge on any atom is 0.138 e. The summed E-state index contributed by atoms with van der Waals surface area (Å²) < 4.78 is 27.4. The predicted octanol–water partition coefficient (Wildman–Crippen LogP) is 4.74. The highest BCUT2D eigenvalue weighted by Gasteiger charge is 2.13. The third-order valence-electron chi connectivity index (χ3n) is 2.76. The summed E-state index contributed by atoms with van der Waals surface area (Å²) in [5, 5.41) is 3.12. The van der Waals surface area contributed by atoms with E-state index in [4.69, 9.17) is 0 Å². The van der Waals surface area contributed by atoms with E-state index in [1.165, 1.54) is 17.4 Å². The van der Waals surface area contributed by atoms with E-state index in [1.54, 1.807) is 0 Å². The first-order valence-electron chi connectivity index (χ1n) is 5.45. The monoisotopic (exact) mass is 331 g/mol. The van der Waals surface area contributed by atoms with Crippen LogP contribution in [0.2, 0.25) is 0 Å². The van der Waals surface area contributed by atoms with Crippen molar-refractivity contribution in [3.63, 3.8) is 0 Å². The fraction of sp³-hybridized carbons (Fsp3) is 0.231. The van der Waals surface area contributed by atoms with Crippen molar-refractivity contribution in [3.05, 3.63) is 45.2 Å². The van der Waals surface area contributed by atoms with Gasteiger partial charge in [0.2, 0.25) is 0 Å². The molecule has 2 aromatic rings. The minimum Gasteiger partial charge on any atom is -0.313 e. The van der Waals surface area contributed by atoms with E-state index in [-0.39, 0.29) is 10.5 Å². The first-order valence-corrected chi connectivity index (χ1v) is 7.05. The van der Waals surface area contributed by atoms with Gasteiger partial charge in [0, 0.05) is 21.4 Å². The van der Waals surface area contributed by atoms with E-state index < -0.39 is 11.6 Å². The van der Waals surface area contributed by atoms with Crippen molar-refractivity contribution in [1.82, 2.24) is 5.32 Å². The van der Waals surface area contributed by atoms with Gasteiger partial charge in [-0.1, -0.05) is 0 Å². The van der Waals surface area contributed by atoms with E-state index in [2.05, 4.69) is 21.2 Å². The van der Waals surface area contributed by atoms with Gasteiger partial charge >= 0.3 is 0 Å². The molecule has 1 heterocycles. The van der Waals surface area contributed by atoms with Crippen molar-refractivity contribution >= 4 is 27.3 Å². The molecule has 0 saturated heterocycles. The lowest BCUT2D eigenvalue weighted by molar-refractivity contribution is 0.597. The average Bonchev–Trinajstić information content (AvgIpc) is 2.82. The Kier molecular flexibility index (Phi) is 4.14. The first kappa shape index (κ1) is 13.6. The van der Waals surface area contributed by atoms with Crippen LogP contribution in [0.1, 0.15) is 17.8 Å². The van der Waals surface area contributed by atoms with E-state index >= 15 is 0 Å². The van der Waals surface area contributed by atoms with Crippen molar-refractivity contribution in [1.29, 1.82) is 0 Å². The molecule has 1 N–H and O–H groups in total. The molecular weight excluding hydrogens is 320 g/mol. The lowest BCUT2D eigenvalue weighted by atomic mass is 10.1. The summed E-state index contributed by atoms with van der Waals surface area (Å²) in [4.78, 5) is 1.83. The molecule has 1 aromatic carbocycles. The molecule has 0 radical (unpaired) electrons. The molecule has 5 heteroatoms. The Balaban J connectivity index is 2.43. The third-order valence-corrected chi connectivity index (χ3v) is 4.67. The SMILES string of the molecule is CNC(C)c1ccc(-c2cc(F)c(Br)cc2F)s1. The Morgan fingerprint density at radius 1 is 1.22 bits per heavy atom. The fourth-order valence-corrected chi connectivity index (χ4v) is 2.99. The van der Waals surface area contributed by atoms with E-state index in [0.29, 0.717) is 5.56 Å². The van der Waals surface area contributed by atoms with Gasteiger partial charge in [-0.15, -0.1) is 11.3 Å². The summed E-state index contributed by atoms with van der Waals surface area (Å²) in [7, 11) is 1.87. The summed E-state index contributed by atoms with van der Waals surface area (Å²) in [5.74, 6) is -0.878. The summed E-state index contributed by atoms with van der Waals surface area (Å²) in [6, 6.07) is 6.33. The largest absolute Gasteiger partial charge is 0.313 e. The highest BCUT2D eigenvalue weighted by atomic mass is 79.9. The molecule has 0 saturated carbocycles. The maximum atomic E-state index is 13.8. The molecule has 0 aliphatic carbocycles. The molecule has 1 atom stereocenters. The molecular formula is C13H12BrF2NS. The molecule has 0 aliphatic heterocycles. The number of thiophene rings is 1. The van der Waals surface area contributed by atoms with Crippen LogP contribution in [0.4, 0.5) is 8.78 Å². The number of rotatable bonds is 3. The lowest BCUT2D eigenvalue weighted by Gasteiger charge is -2.06. The van der Waals surface area contributed by atoms with Crippen LogP contribution in [-0.4, -0.2) is 7.05 Å². The molecule has 1 aromatic heterocycles. The summed E-state index contributed by atoms with van der Waals surface area (Å²) in [5.41, 5.74) is 0.301. The zero-order valence-corrected chi connectivity index (χ0v) is 12.3. The molecule has 2 rings (SSSR count).